The van der Waals surface area contributed by atoms with Crippen LogP contribution in [0.3, 0.4) is 0 Å². The lowest BCUT2D eigenvalue weighted by Crippen LogP contribution is -2.26. The summed E-state index contributed by atoms with van der Waals surface area (Å²) in [5.74, 6) is -0.587. The van der Waals surface area contributed by atoms with Gasteiger partial charge in [-0.05, 0) is 48.2 Å². The van der Waals surface area contributed by atoms with E-state index in [-0.39, 0.29) is 17.0 Å². The van der Waals surface area contributed by atoms with Crippen LogP contribution in [-0.2, 0) is 16.6 Å². The van der Waals surface area contributed by atoms with Gasteiger partial charge in [0.2, 0.25) is 15.9 Å². The van der Waals surface area contributed by atoms with Crippen LogP contribution in [0, 0.1) is 0 Å². The molecule has 0 heterocycles. The molecule has 0 aliphatic carbocycles. The number of primary amides is 1. The predicted octanol–water partition coefficient (Wildman–Crippen LogP) is 2.33. The molecule has 0 aliphatic rings. The molecule has 0 spiro atoms. The van der Waals surface area contributed by atoms with Crippen LogP contribution in [0.4, 0.5) is 0 Å². The first-order valence-corrected chi connectivity index (χ1v) is 9.50. The van der Waals surface area contributed by atoms with E-state index in [0.29, 0.717) is 0 Å². The number of sulfonamides is 1. The van der Waals surface area contributed by atoms with Crippen molar-refractivity contribution in [1.29, 1.82) is 0 Å². The zero-order chi connectivity index (χ0) is 17.0. The van der Waals surface area contributed by atoms with Crippen molar-refractivity contribution in [3.8, 4) is 0 Å². The minimum atomic E-state index is -3.62. The molecule has 0 aromatic heterocycles. The molecule has 0 aliphatic heterocycles. The zero-order valence-corrected chi connectivity index (χ0v) is 14.5. The van der Waals surface area contributed by atoms with Gasteiger partial charge in [0.25, 0.3) is 0 Å². The lowest BCUT2D eigenvalue weighted by Gasteiger charge is -2.17. The fourth-order valence-electron chi connectivity index (χ4n) is 2.04. The van der Waals surface area contributed by atoms with Crippen LogP contribution in [0.15, 0.2) is 58.3 Å². The Morgan fingerprint density at radius 1 is 1.09 bits per heavy atom. The van der Waals surface area contributed by atoms with E-state index >= 15 is 0 Å². The number of nitrogens with zero attached hydrogens (tertiary/aromatic N) is 1. The fraction of sp³-hybridized carbons (Fsp3) is 0.188. The highest BCUT2D eigenvalue weighted by molar-refractivity contribution is 7.98. The third-order valence-corrected chi connectivity index (χ3v) is 5.97. The Balaban J connectivity index is 2.18. The molecule has 0 saturated carbocycles. The van der Waals surface area contributed by atoms with Crippen molar-refractivity contribution in [1.82, 2.24) is 4.31 Å². The molecule has 122 valence electrons. The van der Waals surface area contributed by atoms with E-state index in [1.54, 1.807) is 11.8 Å². The zero-order valence-electron chi connectivity index (χ0n) is 12.9. The Bertz CT molecular complexity index is 785. The van der Waals surface area contributed by atoms with E-state index in [4.69, 9.17) is 5.73 Å². The van der Waals surface area contributed by atoms with E-state index in [9.17, 15) is 13.2 Å². The van der Waals surface area contributed by atoms with Gasteiger partial charge in [0.05, 0.1) is 4.90 Å². The Hall–Kier alpha value is -1.83. The second kappa shape index (κ2) is 7.16. The molecule has 2 rings (SSSR count). The Morgan fingerprint density at radius 2 is 1.65 bits per heavy atom. The van der Waals surface area contributed by atoms with E-state index < -0.39 is 15.9 Å². The van der Waals surface area contributed by atoms with Crippen molar-refractivity contribution in [2.24, 2.45) is 5.73 Å². The summed E-state index contributed by atoms with van der Waals surface area (Å²) in [6.07, 6.45) is 1.99. The molecule has 2 aromatic rings. The largest absolute Gasteiger partial charge is 0.366 e. The topological polar surface area (TPSA) is 80.5 Å². The lowest BCUT2D eigenvalue weighted by atomic mass is 10.2. The van der Waals surface area contributed by atoms with E-state index in [1.165, 1.54) is 35.6 Å². The molecule has 0 saturated heterocycles. The van der Waals surface area contributed by atoms with Gasteiger partial charge in [0.15, 0.2) is 0 Å². The van der Waals surface area contributed by atoms with Gasteiger partial charge in [-0.25, -0.2) is 8.42 Å². The third kappa shape index (κ3) is 4.13. The highest BCUT2D eigenvalue weighted by atomic mass is 32.2. The fourth-order valence-corrected chi connectivity index (χ4v) is 3.61. The summed E-state index contributed by atoms with van der Waals surface area (Å²) in [5.41, 5.74) is 6.34. The number of carbonyl (C=O) groups is 1. The minimum absolute atomic E-state index is 0.130. The number of benzene rings is 2. The summed E-state index contributed by atoms with van der Waals surface area (Å²) in [7, 11) is -2.09. The molecular weight excluding hydrogens is 332 g/mol. The van der Waals surface area contributed by atoms with E-state index in [0.717, 1.165) is 10.5 Å². The number of hydrogen-bond acceptors (Lipinski definition) is 4. The second-order valence-electron chi connectivity index (χ2n) is 5.00. The molecule has 0 unspecified atom stereocenters. The first-order valence-electron chi connectivity index (χ1n) is 6.83. The number of thioether (sulfide) groups is 1. The molecule has 23 heavy (non-hydrogen) atoms. The average molecular weight is 350 g/mol. The quantitative estimate of drug-likeness (QED) is 0.811. The van der Waals surface area contributed by atoms with Crippen LogP contribution in [-0.4, -0.2) is 31.9 Å². The molecule has 1 amide bonds. The molecule has 2 N–H and O–H groups in total. The first-order chi connectivity index (χ1) is 10.8. The van der Waals surface area contributed by atoms with Crippen molar-refractivity contribution in [3.63, 3.8) is 0 Å². The van der Waals surface area contributed by atoms with Crippen LogP contribution < -0.4 is 5.73 Å². The molecule has 0 bridgehead atoms. The highest BCUT2D eigenvalue weighted by Gasteiger charge is 2.21. The van der Waals surface area contributed by atoms with Gasteiger partial charge in [0.1, 0.15) is 0 Å². The molecule has 0 atom stereocenters. The van der Waals surface area contributed by atoms with Gasteiger partial charge in [-0.1, -0.05) is 12.1 Å². The van der Waals surface area contributed by atoms with Gasteiger partial charge in [-0.2, -0.15) is 4.31 Å². The van der Waals surface area contributed by atoms with Crippen LogP contribution in [0.5, 0.6) is 0 Å². The summed E-state index contributed by atoms with van der Waals surface area (Å²) in [6.45, 7) is 0.272. The Morgan fingerprint density at radius 3 is 2.13 bits per heavy atom. The van der Waals surface area contributed by atoms with Gasteiger partial charge in [-0.3, -0.25) is 4.79 Å². The van der Waals surface area contributed by atoms with Crippen molar-refractivity contribution >= 4 is 27.7 Å². The van der Waals surface area contributed by atoms with E-state index in [2.05, 4.69) is 0 Å². The van der Waals surface area contributed by atoms with Crippen molar-refractivity contribution < 1.29 is 13.2 Å². The maximum absolute atomic E-state index is 12.5. The number of rotatable bonds is 6. The standard InChI is InChI=1S/C16H18N2O3S2/c1-18(11-12-3-7-14(22-2)8-4-12)23(20,21)15-9-5-13(6-10-15)16(17)19/h3-10H,11H2,1-2H3,(H2,17,19). The number of nitrogens with two attached hydrogens (primary N) is 1. The van der Waals surface area contributed by atoms with Crippen LogP contribution in [0.25, 0.3) is 0 Å². The maximum atomic E-state index is 12.5. The Labute approximate surface area is 140 Å². The van der Waals surface area contributed by atoms with Gasteiger partial charge >= 0.3 is 0 Å². The monoisotopic (exact) mass is 350 g/mol. The SMILES string of the molecule is CSc1ccc(CN(C)S(=O)(=O)c2ccc(C(N)=O)cc2)cc1. The number of amides is 1. The summed E-state index contributed by atoms with van der Waals surface area (Å²) in [4.78, 5) is 12.3. The summed E-state index contributed by atoms with van der Waals surface area (Å²) in [5, 5.41) is 0. The van der Waals surface area contributed by atoms with Crippen molar-refractivity contribution in [3.05, 3.63) is 59.7 Å². The van der Waals surface area contributed by atoms with Crippen molar-refractivity contribution in [2.45, 2.75) is 16.3 Å². The molecule has 0 fully saturated rings. The van der Waals surface area contributed by atoms with Gasteiger partial charge in [-0.15, -0.1) is 11.8 Å². The molecular formula is C16H18N2O3S2. The second-order valence-corrected chi connectivity index (χ2v) is 7.92. The third-order valence-electron chi connectivity index (χ3n) is 3.41. The van der Waals surface area contributed by atoms with Crippen LogP contribution in [0.2, 0.25) is 0 Å². The maximum Gasteiger partial charge on any atom is 0.248 e. The van der Waals surface area contributed by atoms with Crippen LogP contribution >= 0.6 is 11.8 Å². The summed E-state index contributed by atoms with van der Waals surface area (Å²) >= 11 is 1.63. The smallest absolute Gasteiger partial charge is 0.248 e. The van der Waals surface area contributed by atoms with E-state index in [1.807, 2.05) is 30.5 Å². The van der Waals surface area contributed by atoms with Crippen LogP contribution in [0.1, 0.15) is 15.9 Å². The molecule has 5 nitrogen and oxygen atoms in total. The minimum Gasteiger partial charge on any atom is -0.366 e. The van der Waals surface area contributed by atoms with Gasteiger partial charge < -0.3 is 5.73 Å². The first kappa shape index (κ1) is 17.5. The molecule has 7 heteroatoms. The lowest BCUT2D eigenvalue weighted by molar-refractivity contribution is 0.1000. The van der Waals surface area contributed by atoms with Gasteiger partial charge in [0, 0.05) is 24.1 Å². The molecule has 2 aromatic carbocycles. The average Bonchev–Trinajstić information content (AvgIpc) is 2.55. The molecule has 0 radical (unpaired) electrons. The predicted molar refractivity (Wildman–Crippen MR) is 91.8 cm³/mol. The Kier molecular flexibility index (Phi) is 5.46. The normalized spacial score (nSPS) is 11.6. The number of carbonyl (C=O) groups excluding carboxylic acids is 1. The highest BCUT2D eigenvalue weighted by Crippen LogP contribution is 2.19. The number of hydrogen-bond donors (Lipinski definition) is 1. The summed E-state index contributed by atoms with van der Waals surface area (Å²) in [6, 6.07) is 13.4. The summed E-state index contributed by atoms with van der Waals surface area (Å²) < 4.78 is 26.4. The van der Waals surface area contributed by atoms with Crippen molar-refractivity contribution in [2.75, 3.05) is 13.3 Å².